The van der Waals surface area contributed by atoms with Crippen molar-refractivity contribution in [3.63, 3.8) is 0 Å². The molecule has 0 radical (unpaired) electrons. The van der Waals surface area contributed by atoms with Crippen LogP contribution in [0.15, 0.2) is 0 Å². The second-order valence-electron chi connectivity index (χ2n) is 5.33. The van der Waals surface area contributed by atoms with Gasteiger partial charge in [0.1, 0.15) is 0 Å². The molecule has 0 bridgehead atoms. The van der Waals surface area contributed by atoms with Crippen molar-refractivity contribution in [2.45, 2.75) is 32.2 Å². The van der Waals surface area contributed by atoms with Crippen molar-refractivity contribution in [1.29, 1.82) is 0 Å². The number of rotatable bonds is 6. The molecule has 84 valence electrons. The fraction of sp³-hybridized carbons (Fsp3) is 1.00. The fourth-order valence-electron chi connectivity index (χ4n) is 1.83. The van der Waals surface area contributed by atoms with Crippen molar-refractivity contribution in [1.82, 2.24) is 10.2 Å². The predicted molar refractivity (Wildman–Crippen MR) is 61.4 cm³/mol. The fourth-order valence-corrected chi connectivity index (χ4v) is 1.83. The van der Waals surface area contributed by atoms with Gasteiger partial charge in [0, 0.05) is 25.2 Å². The van der Waals surface area contributed by atoms with Gasteiger partial charge in [-0.3, -0.25) is 0 Å². The van der Waals surface area contributed by atoms with Crippen molar-refractivity contribution in [3.05, 3.63) is 0 Å². The van der Waals surface area contributed by atoms with Crippen LogP contribution in [0.3, 0.4) is 0 Å². The minimum Gasteiger partial charge on any atom is -0.329 e. The Bertz CT molecular complexity index is 187. The van der Waals surface area contributed by atoms with Gasteiger partial charge in [-0.05, 0) is 39.3 Å². The first-order valence-electron chi connectivity index (χ1n) is 5.53. The molecule has 1 rings (SSSR count). The van der Waals surface area contributed by atoms with E-state index < -0.39 is 0 Å². The van der Waals surface area contributed by atoms with E-state index in [-0.39, 0.29) is 5.54 Å². The lowest BCUT2D eigenvalue weighted by atomic mass is 9.84. The van der Waals surface area contributed by atoms with Crippen LogP contribution >= 0.6 is 0 Å². The van der Waals surface area contributed by atoms with Crippen LogP contribution in [0.4, 0.5) is 0 Å². The summed E-state index contributed by atoms with van der Waals surface area (Å²) >= 11 is 0. The highest BCUT2D eigenvalue weighted by Crippen LogP contribution is 2.53. The van der Waals surface area contributed by atoms with Crippen LogP contribution in [0, 0.1) is 5.41 Å². The molecule has 3 N–H and O–H groups in total. The first kappa shape index (κ1) is 12.0. The van der Waals surface area contributed by atoms with Gasteiger partial charge in [-0.25, -0.2) is 0 Å². The van der Waals surface area contributed by atoms with Crippen molar-refractivity contribution in [3.8, 4) is 0 Å². The van der Waals surface area contributed by atoms with E-state index in [4.69, 9.17) is 5.73 Å². The van der Waals surface area contributed by atoms with Crippen molar-refractivity contribution >= 4 is 0 Å². The van der Waals surface area contributed by atoms with Gasteiger partial charge in [-0.2, -0.15) is 0 Å². The van der Waals surface area contributed by atoms with Crippen LogP contribution in [0.5, 0.6) is 0 Å². The van der Waals surface area contributed by atoms with Crippen LogP contribution in [-0.2, 0) is 0 Å². The predicted octanol–water partition coefficient (Wildman–Crippen LogP) is 0.655. The molecule has 0 aromatic carbocycles. The lowest BCUT2D eigenvalue weighted by Crippen LogP contribution is -2.56. The van der Waals surface area contributed by atoms with E-state index >= 15 is 0 Å². The number of nitrogens with one attached hydrogen (secondary N) is 1. The van der Waals surface area contributed by atoms with E-state index in [0.717, 1.165) is 19.6 Å². The largest absolute Gasteiger partial charge is 0.329 e. The highest BCUT2D eigenvalue weighted by atomic mass is 15.1. The molecule has 1 atom stereocenters. The second kappa shape index (κ2) is 4.17. The Kier molecular flexibility index (Phi) is 3.56. The maximum absolute atomic E-state index is 5.87. The summed E-state index contributed by atoms with van der Waals surface area (Å²) in [6.07, 6.45) is 2.63. The normalized spacial score (nSPS) is 23.6. The highest BCUT2D eigenvalue weighted by Gasteiger charge is 2.51. The second-order valence-corrected chi connectivity index (χ2v) is 5.33. The zero-order chi connectivity index (χ0) is 10.8. The Morgan fingerprint density at radius 2 is 2.00 bits per heavy atom. The minimum atomic E-state index is 0.128. The smallest absolute Gasteiger partial charge is 0.0330 e. The van der Waals surface area contributed by atoms with Gasteiger partial charge < -0.3 is 16.0 Å². The Labute approximate surface area is 88.0 Å². The third-order valence-corrected chi connectivity index (χ3v) is 3.81. The average Bonchev–Trinajstić information content (AvgIpc) is 2.84. The molecule has 3 nitrogen and oxygen atoms in total. The maximum atomic E-state index is 5.87. The van der Waals surface area contributed by atoms with Gasteiger partial charge in [0.25, 0.3) is 0 Å². The molecule has 0 heterocycles. The molecule has 3 heteroatoms. The molecule has 0 saturated heterocycles. The van der Waals surface area contributed by atoms with Crippen molar-refractivity contribution in [2.24, 2.45) is 11.1 Å². The van der Waals surface area contributed by atoms with Crippen molar-refractivity contribution in [2.75, 3.05) is 33.7 Å². The summed E-state index contributed by atoms with van der Waals surface area (Å²) in [5.74, 6) is 0. The number of nitrogens with two attached hydrogens (primary N) is 1. The molecule has 1 saturated carbocycles. The van der Waals surface area contributed by atoms with Gasteiger partial charge in [0.2, 0.25) is 0 Å². The van der Waals surface area contributed by atoms with Crippen LogP contribution in [0.1, 0.15) is 26.7 Å². The molecule has 1 unspecified atom stereocenters. The summed E-state index contributed by atoms with van der Waals surface area (Å²) in [6, 6.07) is 0. The molecule has 0 amide bonds. The third kappa shape index (κ3) is 2.47. The number of hydrogen-bond donors (Lipinski definition) is 2. The van der Waals surface area contributed by atoms with E-state index in [1.54, 1.807) is 0 Å². The van der Waals surface area contributed by atoms with Crippen LogP contribution in [0.25, 0.3) is 0 Å². The van der Waals surface area contributed by atoms with Gasteiger partial charge in [-0.1, -0.05) is 6.92 Å². The topological polar surface area (TPSA) is 41.3 Å². The van der Waals surface area contributed by atoms with E-state index in [9.17, 15) is 0 Å². The summed E-state index contributed by atoms with van der Waals surface area (Å²) in [7, 11) is 4.20. The van der Waals surface area contributed by atoms with E-state index in [1.807, 2.05) is 0 Å². The Hall–Kier alpha value is -0.120. The van der Waals surface area contributed by atoms with Gasteiger partial charge in [0.15, 0.2) is 0 Å². The lowest BCUT2D eigenvalue weighted by molar-refractivity contribution is 0.223. The minimum absolute atomic E-state index is 0.128. The first-order valence-corrected chi connectivity index (χ1v) is 5.53. The summed E-state index contributed by atoms with van der Waals surface area (Å²) < 4.78 is 0. The lowest BCUT2D eigenvalue weighted by Gasteiger charge is -2.36. The molecule has 1 aliphatic carbocycles. The van der Waals surface area contributed by atoms with Gasteiger partial charge in [-0.15, -0.1) is 0 Å². The summed E-state index contributed by atoms with van der Waals surface area (Å²) in [5.41, 5.74) is 6.44. The number of nitrogens with zero attached hydrogens (tertiary/aromatic N) is 1. The number of hydrogen-bond acceptors (Lipinski definition) is 3. The first-order chi connectivity index (χ1) is 6.43. The molecule has 14 heavy (non-hydrogen) atoms. The van der Waals surface area contributed by atoms with E-state index in [0.29, 0.717) is 5.41 Å². The summed E-state index contributed by atoms with van der Waals surface area (Å²) in [4.78, 5) is 2.19. The van der Waals surface area contributed by atoms with Crippen LogP contribution in [-0.4, -0.2) is 44.2 Å². The van der Waals surface area contributed by atoms with Gasteiger partial charge >= 0.3 is 0 Å². The standard InChI is InChI=1S/C11H25N3/c1-10(5-6-10)11(2,9-12)13-7-8-14(3)4/h13H,5-9,12H2,1-4H3. The Balaban J connectivity index is 2.38. The molecule has 1 aliphatic rings. The quantitative estimate of drug-likeness (QED) is 0.660. The van der Waals surface area contributed by atoms with Gasteiger partial charge in [0.05, 0.1) is 0 Å². The zero-order valence-corrected chi connectivity index (χ0v) is 10.1. The molecule has 0 aromatic heterocycles. The monoisotopic (exact) mass is 199 g/mol. The maximum Gasteiger partial charge on any atom is 0.0330 e. The van der Waals surface area contributed by atoms with Crippen LogP contribution < -0.4 is 11.1 Å². The number of likely N-dealkylation sites (N-methyl/N-ethyl adjacent to an activating group) is 1. The molecular weight excluding hydrogens is 174 g/mol. The molecule has 1 fully saturated rings. The van der Waals surface area contributed by atoms with E-state index in [1.165, 1.54) is 12.8 Å². The zero-order valence-electron chi connectivity index (χ0n) is 10.1. The SMILES string of the molecule is CN(C)CCNC(C)(CN)C1(C)CC1. The van der Waals surface area contributed by atoms with Crippen LogP contribution in [0.2, 0.25) is 0 Å². The van der Waals surface area contributed by atoms with E-state index in [2.05, 4.69) is 38.2 Å². The summed E-state index contributed by atoms with van der Waals surface area (Å²) in [6.45, 7) is 7.43. The average molecular weight is 199 g/mol. The molecule has 0 aliphatic heterocycles. The molecule has 0 aromatic rings. The Morgan fingerprint density at radius 3 is 2.36 bits per heavy atom. The Morgan fingerprint density at radius 1 is 1.43 bits per heavy atom. The molecular formula is C11H25N3. The molecule has 0 spiro atoms. The third-order valence-electron chi connectivity index (χ3n) is 3.81. The highest BCUT2D eigenvalue weighted by molar-refractivity contribution is 5.08. The van der Waals surface area contributed by atoms with Crippen molar-refractivity contribution < 1.29 is 0 Å². The summed E-state index contributed by atoms with van der Waals surface area (Å²) in [5, 5.41) is 3.61.